The number of nitrogens with zero attached hydrogens (tertiary/aromatic N) is 1. The number of thiazole rings is 1. The van der Waals surface area contributed by atoms with Crippen LogP contribution in [0.15, 0.2) is 72.1 Å². The van der Waals surface area contributed by atoms with E-state index in [0.29, 0.717) is 5.92 Å². The first-order valence-corrected chi connectivity index (χ1v) is 9.86. The van der Waals surface area contributed by atoms with Crippen molar-refractivity contribution in [3.8, 4) is 11.3 Å². The van der Waals surface area contributed by atoms with Crippen LogP contribution in [0.3, 0.4) is 0 Å². The molecule has 0 amide bonds. The SMILES string of the molecule is Br.CC(C)Cc1ccc(-c2csc(Nc3cccc4ccccc34)n2)cc1. The molecule has 0 fully saturated rings. The Morgan fingerprint density at radius 1 is 0.926 bits per heavy atom. The van der Waals surface area contributed by atoms with Crippen molar-refractivity contribution in [2.24, 2.45) is 5.92 Å². The Morgan fingerprint density at radius 2 is 1.67 bits per heavy atom. The molecular weight excluding hydrogens is 416 g/mol. The van der Waals surface area contributed by atoms with Crippen molar-refractivity contribution < 1.29 is 0 Å². The maximum absolute atomic E-state index is 4.78. The molecule has 1 heterocycles. The summed E-state index contributed by atoms with van der Waals surface area (Å²) < 4.78 is 0. The molecule has 27 heavy (non-hydrogen) atoms. The van der Waals surface area contributed by atoms with Gasteiger partial charge < -0.3 is 5.32 Å². The Bertz CT molecular complexity index is 1020. The second-order valence-electron chi connectivity index (χ2n) is 6.98. The number of hydrogen-bond donors (Lipinski definition) is 1. The van der Waals surface area contributed by atoms with Crippen molar-refractivity contribution in [2.75, 3.05) is 5.32 Å². The third kappa shape index (κ3) is 4.57. The predicted molar refractivity (Wildman–Crippen MR) is 124 cm³/mol. The second kappa shape index (κ2) is 8.68. The molecular formula is C23H23BrN2S. The van der Waals surface area contributed by atoms with Gasteiger partial charge in [0.15, 0.2) is 5.13 Å². The number of halogens is 1. The van der Waals surface area contributed by atoms with Crippen LogP contribution < -0.4 is 5.32 Å². The molecule has 0 aliphatic rings. The van der Waals surface area contributed by atoms with Crippen LogP contribution >= 0.6 is 28.3 Å². The first-order valence-electron chi connectivity index (χ1n) is 8.98. The van der Waals surface area contributed by atoms with E-state index in [1.807, 2.05) is 0 Å². The molecule has 0 aliphatic carbocycles. The van der Waals surface area contributed by atoms with E-state index in [1.54, 1.807) is 11.3 Å². The van der Waals surface area contributed by atoms with Crippen molar-refractivity contribution in [3.63, 3.8) is 0 Å². The van der Waals surface area contributed by atoms with Crippen LogP contribution in [0.25, 0.3) is 22.0 Å². The zero-order chi connectivity index (χ0) is 17.9. The van der Waals surface area contributed by atoms with Crippen LogP contribution in [-0.4, -0.2) is 4.98 Å². The Hall–Kier alpha value is -2.17. The van der Waals surface area contributed by atoms with Crippen LogP contribution in [0.4, 0.5) is 10.8 Å². The molecule has 138 valence electrons. The Kier molecular flexibility index (Phi) is 6.30. The summed E-state index contributed by atoms with van der Waals surface area (Å²) in [7, 11) is 0. The first-order chi connectivity index (χ1) is 12.7. The summed E-state index contributed by atoms with van der Waals surface area (Å²) >= 11 is 1.64. The molecule has 0 saturated heterocycles. The van der Waals surface area contributed by atoms with Crippen LogP contribution in [0.5, 0.6) is 0 Å². The molecule has 0 radical (unpaired) electrons. The fourth-order valence-corrected chi connectivity index (χ4v) is 3.93. The zero-order valence-corrected chi connectivity index (χ0v) is 18.0. The van der Waals surface area contributed by atoms with E-state index in [-0.39, 0.29) is 17.0 Å². The standard InChI is InChI=1S/C23H22N2S.BrH/c1-16(2)14-17-10-12-19(13-11-17)22-15-26-23(25-22)24-21-9-5-7-18-6-3-4-8-20(18)21;/h3-13,15-16H,14H2,1-2H3,(H,24,25);1H. The van der Waals surface area contributed by atoms with E-state index >= 15 is 0 Å². The maximum atomic E-state index is 4.78. The molecule has 4 rings (SSSR count). The van der Waals surface area contributed by atoms with Crippen LogP contribution in [0.1, 0.15) is 19.4 Å². The summed E-state index contributed by atoms with van der Waals surface area (Å²) in [5.41, 5.74) is 4.66. The highest BCUT2D eigenvalue weighted by Gasteiger charge is 2.07. The third-order valence-electron chi connectivity index (χ3n) is 4.43. The molecule has 2 nitrogen and oxygen atoms in total. The number of nitrogens with one attached hydrogen (secondary N) is 1. The smallest absolute Gasteiger partial charge is 0.187 e. The minimum atomic E-state index is 0. The van der Waals surface area contributed by atoms with Gasteiger partial charge in [0.05, 0.1) is 5.69 Å². The van der Waals surface area contributed by atoms with Crippen LogP contribution in [-0.2, 0) is 6.42 Å². The summed E-state index contributed by atoms with van der Waals surface area (Å²) in [5.74, 6) is 0.677. The van der Waals surface area contributed by atoms with Gasteiger partial charge in [0.25, 0.3) is 0 Å². The first kappa shape index (κ1) is 19.6. The highest BCUT2D eigenvalue weighted by atomic mass is 79.9. The molecule has 3 aromatic carbocycles. The van der Waals surface area contributed by atoms with Gasteiger partial charge in [-0.1, -0.05) is 74.5 Å². The van der Waals surface area contributed by atoms with Crippen molar-refractivity contribution >= 4 is 49.9 Å². The van der Waals surface area contributed by atoms with E-state index in [0.717, 1.165) is 22.9 Å². The van der Waals surface area contributed by atoms with E-state index < -0.39 is 0 Å². The molecule has 1 aromatic heterocycles. The fraction of sp³-hybridized carbons (Fsp3) is 0.174. The van der Waals surface area contributed by atoms with Gasteiger partial charge in [-0.15, -0.1) is 28.3 Å². The zero-order valence-electron chi connectivity index (χ0n) is 15.5. The van der Waals surface area contributed by atoms with E-state index in [2.05, 4.69) is 91.3 Å². The van der Waals surface area contributed by atoms with Gasteiger partial charge in [0.1, 0.15) is 0 Å². The normalized spacial score (nSPS) is 10.8. The summed E-state index contributed by atoms with van der Waals surface area (Å²) in [6.45, 7) is 4.50. The quantitative estimate of drug-likeness (QED) is 0.349. The number of aromatic nitrogens is 1. The van der Waals surface area contributed by atoms with Gasteiger partial charge in [-0.2, -0.15) is 0 Å². The topological polar surface area (TPSA) is 24.9 Å². The lowest BCUT2D eigenvalue weighted by Gasteiger charge is -2.07. The molecule has 0 spiro atoms. The average Bonchev–Trinajstić information content (AvgIpc) is 3.11. The minimum absolute atomic E-state index is 0. The Balaban J connectivity index is 0.00000210. The second-order valence-corrected chi connectivity index (χ2v) is 7.84. The third-order valence-corrected chi connectivity index (χ3v) is 5.19. The highest BCUT2D eigenvalue weighted by molar-refractivity contribution is 8.93. The van der Waals surface area contributed by atoms with Gasteiger partial charge in [-0.25, -0.2) is 4.98 Å². The molecule has 0 saturated carbocycles. The number of hydrogen-bond acceptors (Lipinski definition) is 3. The largest absolute Gasteiger partial charge is 0.331 e. The number of benzene rings is 3. The lowest BCUT2D eigenvalue weighted by molar-refractivity contribution is 0.647. The van der Waals surface area contributed by atoms with E-state index in [4.69, 9.17) is 4.98 Å². The summed E-state index contributed by atoms with van der Waals surface area (Å²) in [5, 5.41) is 8.96. The number of anilines is 2. The van der Waals surface area contributed by atoms with Gasteiger partial charge in [-0.05, 0) is 29.4 Å². The lowest BCUT2D eigenvalue weighted by Crippen LogP contribution is -1.93. The monoisotopic (exact) mass is 438 g/mol. The van der Waals surface area contributed by atoms with Gasteiger partial charge in [0.2, 0.25) is 0 Å². The molecule has 0 bridgehead atoms. The minimum Gasteiger partial charge on any atom is -0.331 e. The van der Waals surface area contributed by atoms with Crippen molar-refractivity contribution in [2.45, 2.75) is 20.3 Å². The maximum Gasteiger partial charge on any atom is 0.187 e. The van der Waals surface area contributed by atoms with Crippen molar-refractivity contribution in [1.82, 2.24) is 4.98 Å². The van der Waals surface area contributed by atoms with Crippen molar-refractivity contribution in [1.29, 1.82) is 0 Å². The molecule has 4 aromatic rings. The van der Waals surface area contributed by atoms with Gasteiger partial charge >= 0.3 is 0 Å². The summed E-state index contributed by atoms with van der Waals surface area (Å²) in [6, 6.07) is 23.5. The molecule has 0 aliphatic heterocycles. The van der Waals surface area contributed by atoms with E-state index in [1.165, 1.54) is 21.9 Å². The van der Waals surface area contributed by atoms with E-state index in [9.17, 15) is 0 Å². The van der Waals surface area contributed by atoms with Crippen LogP contribution in [0, 0.1) is 5.92 Å². The molecule has 0 atom stereocenters. The number of rotatable bonds is 5. The Labute approximate surface area is 175 Å². The van der Waals surface area contributed by atoms with Crippen molar-refractivity contribution in [3.05, 3.63) is 77.7 Å². The van der Waals surface area contributed by atoms with Gasteiger partial charge in [0, 0.05) is 22.0 Å². The Morgan fingerprint density at radius 3 is 2.44 bits per heavy atom. The predicted octanol–water partition coefficient (Wildman–Crippen LogP) is 7.48. The highest BCUT2D eigenvalue weighted by Crippen LogP contribution is 2.30. The molecule has 1 N–H and O–H groups in total. The lowest BCUT2D eigenvalue weighted by atomic mass is 10.0. The van der Waals surface area contributed by atoms with Gasteiger partial charge in [-0.3, -0.25) is 0 Å². The summed E-state index contributed by atoms with van der Waals surface area (Å²) in [4.78, 5) is 4.78. The fourth-order valence-electron chi connectivity index (χ4n) is 3.20. The molecule has 4 heteroatoms. The number of fused-ring (bicyclic) bond motifs is 1. The summed E-state index contributed by atoms with van der Waals surface area (Å²) in [6.07, 6.45) is 1.12. The average molecular weight is 439 g/mol. The molecule has 0 unspecified atom stereocenters. The van der Waals surface area contributed by atoms with Crippen LogP contribution in [0.2, 0.25) is 0 Å².